The number of carboxylic acid groups (broad SMARTS) is 1. The van der Waals surface area contributed by atoms with E-state index in [0.717, 1.165) is 5.56 Å². The minimum Gasteiger partial charge on any atom is -0.495 e. The Morgan fingerprint density at radius 1 is 1.23 bits per heavy atom. The largest absolute Gasteiger partial charge is 0.495 e. The van der Waals surface area contributed by atoms with Crippen LogP contribution in [-0.2, 0) is 14.4 Å². The summed E-state index contributed by atoms with van der Waals surface area (Å²) in [6, 6.07) is 4.39. The topological polar surface area (TPSA) is 105 Å². The second-order valence-corrected chi connectivity index (χ2v) is 4.88. The molecule has 1 rings (SSSR count). The first-order chi connectivity index (χ1) is 10.3. The first-order valence-corrected chi connectivity index (χ1v) is 6.80. The van der Waals surface area contributed by atoms with Gasteiger partial charge in [-0.1, -0.05) is 6.07 Å². The summed E-state index contributed by atoms with van der Waals surface area (Å²) >= 11 is 0. The fourth-order valence-corrected chi connectivity index (χ4v) is 1.73. The van der Waals surface area contributed by atoms with Crippen LogP contribution >= 0.6 is 0 Å². The van der Waals surface area contributed by atoms with E-state index in [2.05, 4.69) is 10.6 Å². The highest BCUT2D eigenvalue weighted by atomic mass is 16.5. The van der Waals surface area contributed by atoms with Crippen LogP contribution in [0.4, 0.5) is 5.69 Å². The number of ether oxygens (including phenoxy) is 1. The highest BCUT2D eigenvalue weighted by molar-refractivity contribution is 5.95. The van der Waals surface area contributed by atoms with E-state index in [0.29, 0.717) is 11.4 Å². The third kappa shape index (κ3) is 5.43. The van der Waals surface area contributed by atoms with Crippen molar-refractivity contribution in [2.24, 2.45) is 0 Å². The summed E-state index contributed by atoms with van der Waals surface area (Å²) in [6.07, 6.45) is -0.132. The molecular weight excluding hydrogens is 288 g/mol. The Labute approximate surface area is 128 Å². The number of methoxy groups -OCH3 is 1. The summed E-state index contributed by atoms with van der Waals surface area (Å²) in [5, 5.41) is 13.6. The van der Waals surface area contributed by atoms with Crippen LogP contribution in [0.3, 0.4) is 0 Å². The van der Waals surface area contributed by atoms with Crippen LogP contribution in [0.15, 0.2) is 18.2 Å². The number of amides is 2. The molecule has 0 fully saturated rings. The number of carbonyl (C=O) groups excluding carboxylic acids is 2. The predicted molar refractivity (Wildman–Crippen MR) is 80.8 cm³/mol. The first kappa shape index (κ1) is 17.5. The second-order valence-electron chi connectivity index (χ2n) is 4.88. The van der Waals surface area contributed by atoms with E-state index in [1.54, 1.807) is 12.1 Å². The number of hydrogen-bond donors (Lipinski definition) is 3. The summed E-state index contributed by atoms with van der Waals surface area (Å²) in [4.78, 5) is 34.0. The number of aryl methyl sites for hydroxylation is 1. The Morgan fingerprint density at radius 3 is 2.45 bits per heavy atom. The molecule has 0 saturated heterocycles. The SMILES string of the molecule is COc1ccc(C)cc1NC(=O)CCC(=O)NC(C)C(=O)O. The van der Waals surface area contributed by atoms with Gasteiger partial charge in [0.15, 0.2) is 0 Å². The predicted octanol–water partition coefficient (Wildman–Crippen LogP) is 1.31. The van der Waals surface area contributed by atoms with Gasteiger partial charge in [-0.15, -0.1) is 0 Å². The molecule has 1 aromatic carbocycles. The van der Waals surface area contributed by atoms with Gasteiger partial charge in [0.05, 0.1) is 12.8 Å². The van der Waals surface area contributed by atoms with Crippen molar-refractivity contribution in [2.45, 2.75) is 32.7 Å². The van der Waals surface area contributed by atoms with Crippen LogP contribution < -0.4 is 15.4 Å². The fourth-order valence-electron chi connectivity index (χ4n) is 1.73. The molecule has 0 aliphatic heterocycles. The zero-order chi connectivity index (χ0) is 16.7. The van der Waals surface area contributed by atoms with E-state index in [1.807, 2.05) is 13.0 Å². The number of nitrogens with one attached hydrogen (secondary N) is 2. The van der Waals surface area contributed by atoms with Crippen LogP contribution in [0.5, 0.6) is 5.75 Å². The number of carbonyl (C=O) groups is 3. The van der Waals surface area contributed by atoms with Crippen molar-refractivity contribution in [2.75, 3.05) is 12.4 Å². The number of rotatable bonds is 7. The number of carboxylic acids is 1. The Kier molecular flexibility index (Phi) is 6.37. The van der Waals surface area contributed by atoms with Crippen molar-refractivity contribution in [3.05, 3.63) is 23.8 Å². The molecule has 2 amide bonds. The van der Waals surface area contributed by atoms with Crippen molar-refractivity contribution < 1.29 is 24.2 Å². The first-order valence-electron chi connectivity index (χ1n) is 6.80. The van der Waals surface area contributed by atoms with Gasteiger partial charge in [-0.25, -0.2) is 0 Å². The fraction of sp³-hybridized carbons (Fsp3) is 0.400. The highest BCUT2D eigenvalue weighted by Gasteiger charge is 2.15. The summed E-state index contributed by atoms with van der Waals surface area (Å²) in [6.45, 7) is 3.24. The number of hydrogen-bond acceptors (Lipinski definition) is 4. The lowest BCUT2D eigenvalue weighted by Crippen LogP contribution is -2.38. The quantitative estimate of drug-likeness (QED) is 0.704. The molecule has 0 aliphatic rings. The summed E-state index contributed by atoms with van der Waals surface area (Å²) in [7, 11) is 1.50. The van der Waals surface area contributed by atoms with Gasteiger partial charge in [-0.3, -0.25) is 14.4 Å². The summed E-state index contributed by atoms with van der Waals surface area (Å²) in [5.41, 5.74) is 1.50. The molecule has 0 radical (unpaired) electrons. The van der Waals surface area contributed by atoms with Crippen LogP contribution in [-0.4, -0.2) is 36.0 Å². The molecule has 7 heteroatoms. The van der Waals surface area contributed by atoms with Crippen molar-refractivity contribution in [3.63, 3.8) is 0 Å². The molecule has 1 unspecified atom stereocenters. The van der Waals surface area contributed by atoms with Gasteiger partial charge in [0.25, 0.3) is 0 Å². The molecule has 0 aliphatic carbocycles. The maximum absolute atomic E-state index is 11.9. The average molecular weight is 308 g/mol. The van der Waals surface area contributed by atoms with Gasteiger partial charge in [0, 0.05) is 12.8 Å². The Balaban J connectivity index is 2.52. The maximum Gasteiger partial charge on any atom is 0.325 e. The molecule has 7 nitrogen and oxygen atoms in total. The lowest BCUT2D eigenvalue weighted by Gasteiger charge is -2.11. The average Bonchev–Trinajstić information content (AvgIpc) is 2.45. The van der Waals surface area contributed by atoms with E-state index in [9.17, 15) is 14.4 Å². The van der Waals surface area contributed by atoms with Gasteiger partial charge in [-0.05, 0) is 31.5 Å². The van der Waals surface area contributed by atoms with E-state index >= 15 is 0 Å². The van der Waals surface area contributed by atoms with E-state index in [-0.39, 0.29) is 18.7 Å². The number of benzene rings is 1. The number of aliphatic carboxylic acids is 1. The molecule has 120 valence electrons. The lowest BCUT2D eigenvalue weighted by molar-refractivity contribution is -0.141. The van der Waals surface area contributed by atoms with Crippen molar-refractivity contribution in [3.8, 4) is 5.75 Å². The minimum absolute atomic E-state index is 0.0464. The van der Waals surface area contributed by atoms with Crippen LogP contribution in [0, 0.1) is 6.92 Å². The molecule has 0 spiro atoms. The Bertz CT molecular complexity index is 571. The van der Waals surface area contributed by atoms with Gasteiger partial charge in [-0.2, -0.15) is 0 Å². The lowest BCUT2D eigenvalue weighted by atomic mass is 10.2. The number of anilines is 1. The molecule has 0 saturated carbocycles. The molecular formula is C15H20N2O5. The van der Waals surface area contributed by atoms with E-state index < -0.39 is 17.9 Å². The molecule has 0 aromatic heterocycles. The second kappa shape index (κ2) is 8.02. The molecule has 1 aromatic rings. The van der Waals surface area contributed by atoms with Gasteiger partial charge in [0.2, 0.25) is 11.8 Å². The molecule has 1 atom stereocenters. The third-order valence-electron chi connectivity index (χ3n) is 2.96. The van der Waals surface area contributed by atoms with Crippen LogP contribution in [0.1, 0.15) is 25.3 Å². The smallest absolute Gasteiger partial charge is 0.325 e. The van der Waals surface area contributed by atoms with Crippen molar-refractivity contribution in [1.82, 2.24) is 5.32 Å². The van der Waals surface area contributed by atoms with Crippen LogP contribution in [0.25, 0.3) is 0 Å². The standard InChI is InChI=1S/C15H20N2O5/c1-9-4-5-12(22-3)11(8-9)17-14(19)7-6-13(18)16-10(2)15(20)21/h4-5,8,10H,6-7H2,1-3H3,(H,16,18)(H,17,19)(H,20,21). The van der Waals surface area contributed by atoms with Gasteiger partial charge in [0.1, 0.15) is 11.8 Å². The Morgan fingerprint density at radius 2 is 1.86 bits per heavy atom. The molecule has 3 N–H and O–H groups in total. The monoisotopic (exact) mass is 308 g/mol. The van der Waals surface area contributed by atoms with Gasteiger partial charge < -0.3 is 20.5 Å². The summed E-state index contributed by atoms with van der Waals surface area (Å²) in [5.74, 6) is -1.42. The maximum atomic E-state index is 11.9. The third-order valence-corrected chi connectivity index (χ3v) is 2.96. The summed E-state index contributed by atoms with van der Waals surface area (Å²) < 4.78 is 5.15. The Hall–Kier alpha value is -2.57. The van der Waals surface area contributed by atoms with E-state index in [4.69, 9.17) is 9.84 Å². The minimum atomic E-state index is -1.12. The van der Waals surface area contributed by atoms with Gasteiger partial charge >= 0.3 is 5.97 Å². The van der Waals surface area contributed by atoms with E-state index in [1.165, 1.54) is 14.0 Å². The van der Waals surface area contributed by atoms with Crippen LogP contribution in [0.2, 0.25) is 0 Å². The normalized spacial score (nSPS) is 11.4. The molecule has 22 heavy (non-hydrogen) atoms. The highest BCUT2D eigenvalue weighted by Crippen LogP contribution is 2.25. The van der Waals surface area contributed by atoms with Crippen molar-refractivity contribution >= 4 is 23.5 Å². The van der Waals surface area contributed by atoms with Crippen molar-refractivity contribution in [1.29, 1.82) is 0 Å². The molecule has 0 heterocycles. The zero-order valence-corrected chi connectivity index (χ0v) is 12.8. The molecule has 0 bridgehead atoms. The zero-order valence-electron chi connectivity index (χ0n) is 12.8.